The third kappa shape index (κ3) is 2.74. The molecule has 0 fully saturated rings. The lowest BCUT2D eigenvalue weighted by Crippen LogP contribution is -2.06. The Hall–Kier alpha value is -4.57. The fourth-order valence-corrected chi connectivity index (χ4v) is 4.68. The minimum absolute atomic E-state index is 0.649. The van der Waals surface area contributed by atoms with Gasteiger partial charge in [0.15, 0.2) is 0 Å². The molecule has 5 aromatic rings. The van der Waals surface area contributed by atoms with E-state index in [9.17, 15) is 0 Å². The summed E-state index contributed by atoms with van der Waals surface area (Å²) in [6.45, 7) is 0. The van der Waals surface area contributed by atoms with Gasteiger partial charge in [-0.05, 0) is 18.2 Å². The number of hydrogen-bond donors (Lipinski definition) is 0. The van der Waals surface area contributed by atoms with Gasteiger partial charge in [0.1, 0.15) is 0 Å². The number of hydrogen-bond acceptors (Lipinski definition) is 3. The average molecular weight is 422 g/mol. The molecule has 0 radical (unpaired) electrons. The number of aromatic nitrogens is 4. The summed E-state index contributed by atoms with van der Waals surface area (Å²) in [6, 6.07) is 35.1. The maximum atomic E-state index is 5.09. The van der Waals surface area contributed by atoms with E-state index in [1.807, 2.05) is 48.5 Å². The van der Waals surface area contributed by atoms with Crippen LogP contribution in [0.2, 0.25) is 0 Å². The Bertz CT molecular complexity index is 1770. The molecule has 0 saturated carbocycles. The van der Waals surface area contributed by atoms with Crippen LogP contribution in [0.25, 0.3) is 61.2 Å². The molecule has 3 heterocycles. The monoisotopic (exact) mass is 422 g/mol. The quantitative estimate of drug-likeness (QED) is 0.305. The van der Waals surface area contributed by atoms with Crippen molar-refractivity contribution in [2.24, 2.45) is 0 Å². The first-order valence-corrected chi connectivity index (χ1v) is 11.0. The van der Waals surface area contributed by atoms with Crippen molar-refractivity contribution in [1.29, 1.82) is 0 Å². The van der Waals surface area contributed by atoms with Crippen LogP contribution in [-0.2, 0) is 0 Å². The van der Waals surface area contributed by atoms with E-state index in [2.05, 4.69) is 65.4 Å². The molecular formula is C29H18N4. The largest absolute Gasteiger partial charge is 0.285 e. The smallest absolute Gasteiger partial charge is 0.235 e. The predicted octanol–water partition coefficient (Wildman–Crippen LogP) is 6.89. The molecule has 2 aliphatic heterocycles. The van der Waals surface area contributed by atoms with E-state index in [1.54, 1.807) is 0 Å². The van der Waals surface area contributed by atoms with Crippen LogP contribution in [0.5, 0.6) is 0 Å². The number of benzene rings is 4. The molecule has 7 rings (SSSR count). The van der Waals surface area contributed by atoms with E-state index < -0.39 is 0 Å². The minimum atomic E-state index is 0.649. The Kier molecular flexibility index (Phi) is 3.81. The molecule has 4 heteroatoms. The maximum absolute atomic E-state index is 5.09. The SMILES string of the molecule is c1ccc(-c2nc(-n3cc4c5ccccc5nc-4c4ccccc43)nc3ccccc23)cc1. The van der Waals surface area contributed by atoms with E-state index >= 15 is 0 Å². The molecule has 33 heavy (non-hydrogen) atoms. The molecule has 0 unspecified atom stereocenters. The van der Waals surface area contributed by atoms with Gasteiger partial charge in [0.25, 0.3) is 0 Å². The highest BCUT2D eigenvalue weighted by atomic mass is 15.1. The fraction of sp³-hybridized carbons (Fsp3) is 0. The minimum Gasteiger partial charge on any atom is -0.285 e. The molecule has 0 N–H and O–H groups in total. The highest BCUT2D eigenvalue weighted by molar-refractivity contribution is 6.06. The fourth-order valence-electron chi connectivity index (χ4n) is 4.68. The third-order valence-electron chi connectivity index (χ3n) is 6.21. The summed E-state index contributed by atoms with van der Waals surface area (Å²) in [6.07, 6.45) is 2.13. The van der Waals surface area contributed by atoms with E-state index in [4.69, 9.17) is 15.0 Å². The topological polar surface area (TPSA) is 43.6 Å². The molecule has 154 valence electrons. The standard InChI is InChI=1S/C29H18N4/c1-2-10-19(11-3-1)27-21-13-5-8-16-25(21)31-29(32-27)33-18-23-20-12-4-7-15-24(20)30-28(23)22-14-6-9-17-26(22)33/h1-18H. The van der Waals surface area contributed by atoms with Gasteiger partial charge in [0.2, 0.25) is 5.95 Å². The van der Waals surface area contributed by atoms with Gasteiger partial charge >= 0.3 is 0 Å². The molecule has 4 aromatic carbocycles. The first-order valence-electron chi connectivity index (χ1n) is 11.0. The summed E-state index contributed by atoms with van der Waals surface area (Å²) >= 11 is 0. The lowest BCUT2D eigenvalue weighted by Gasteiger charge is -2.15. The van der Waals surface area contributed by atoms with E-state index in [-0.39, 0.29) is 0 Å². The summed E-state index contributed by atoms with van der Waals surface area (Å²) in [7, 11) is 0. The number of pyridine rings is 1. The highest BCUT2D eigenvalue weighted by Crippen LogP contribution is 2.37. The molecular weight excluding hydrogens is 404 g/mol. The molecule has 0 saturated heterocycles. The second kappa shape index (κ2) is 6.97. The van der Waals surface area contributed by atoms with Gasteiger partial charge in [-0.25, -0.2) is 15.0 Å². The average Bonchev–Trinajstić information content (AvgIpc) is 3.27. The second-order valence-corrected chi connectivity index (χ2v) is 8.16. The van der Waals surface area contributed by atoms with Crippen LogP contribution in [0, 0.1) is 0 Å². The lowest BCUT2D eigenvalue weighted by atomic mass is 10.0. The number of rotatable bonds is 2. The molecule has 2 aliphatic rings. The zero-order valence-corrected chi connectivity index (χ0v) is 17.7. The van der Waals surface area contributed by atoms with Crippen LogP contribution < -0.4 is 0 Å². The third-order valence-corrected chi connectivity index (χ3v) is 6.21. The van der Waals surface area contributed by atoms with Crippen molar-refractivity contribution in [3.8, 4) is 28.5 Å². The van der Waals surface area contributed by atoms with Gasteiger partial charge in [-0.15, -0.1) is 0 Å². The van der Waals surface area contributed by atoms with Crippen LogP contribution in [-0.4, -0.2) is 19.5 Å². The molecule has 0 atom stereocenters. The van der Waals surface area contributed by atoms with Gasteiger partial charge < -0.3 is 0 Å². The zero-order valence-electron chi connectivity index (χ0n) is 17.7. The Morgan fingerprint density at radius 1 is 0.485 bits per heavy atom. The van der Waals surface area contributed by atoms with Crippen molar-refractivity contribution in [3.05, 3.63) is 109 Å². The number of para-hydroxylation sites is 3. The van der Waals surface area contributed by atoms with Crippen molar-refractivity contribution >= 4 is 32.7 Å². The summed E-state index contributed by atoms with van der Waals surface area (Å²) < 4.78 is 2.10. The van der Waals surface area contributed by atoms with Crippen molar-refractivity contribution < 1.29 is 0 Å². The van der Waals surface area contributed by atoms with Crippen molar-refractivity contribution in [2.45, 2.75) is 0 Å². The highest BCUT2D eigenvalue weighted by Gasteiger charge is 2.19. The second-order valence-electron chi connectivity index (χ2n) is 8.16. The van der Waals surface area contributed by atoms with Crippen LogP contribution in [0.4, 0.5) is 0 Å². The van der Waals surface area contributed by atoms with Crippen LogP contribution >= 0.6 is 0 Å². The predicted molar refractivity (Wildman–Crippen MR) is 134 cm³/mol. The molecule has 0 aliphatic carbocycles. The van der Waals surface area contributed by atoms with Gasteiger partial charge in [-0.1, -0.05) is 84.9 Å². The molecule has 0 spiro atoms. The maximum Gasteiger partial charge on any atom is 0.235 e. The van der Waals surface area contributed by atoms with Crippen molar-refractivity contribution in [2.75, 3.05) is 0 Å². The summed E-state index contributed by atoms with van der Waals surface area (Å²) in [5.41, 5.74) is 7.06. The number of fused-ring (bicyclic) bond motifs is 6. The van der Waals surface area contributed by atoms with Crippen LogP contribution in [0.15, 0.2) is 109 Å². The van der Waals surface area contributed by atoms with E-state index in [0.717, 1.165) is 55.2 Å². The van der Waals surface area contributed by atoms with Crippen molar-refractivity contribution in [1.82, 2.24) is 19.5 Å². The Balaban J connectivity index is 1.61. The normalized spacial score (nSPS) is 11.6. The van der Waals surface area contributed by atoms with E-state index in [0.29, 0.717) is 5.95 Å². The molecule has 0 bridgehead atoms. The van der Waals surface area contributed by atoms with Crippen LogP contribution in [0.1, 0.15) is 0 Å². The van der Waals surface area contributed by atoms with Gasteiger partial charge in [0, 0.05) is 33.5 Å². The number of nitrogens with zero attached hydrogens (tertiary/aromatic N) is 4. The van der Waals surface area contributed by atoms with Gasteiger partial charge in [-0.3, -0.25) is 4.57 Å². The Morgan fingerprint density at radius 3 is 1.94 bits per heavy atom. The Labute approximate surface area is 190 Å². The van der Waals surface area contributed by atoms with E-state index in [1.165, 1.54) is 0 Å². The lowest BCUT2D eigenvalue weighted by molar-refractivity contribution is 0.974. The first-order chi connectivity index (χ1) is 16.4. The summed E-state index contributed by atoms with van der Waals surface area (Å²) in [4.78, 5) is 15.0. The molecule has 1 aromatic heterocycles. The molecule has 0 amide bonds. The van der Waals surface area contributed by atoms with Crippen molar-refractivity contribution in [3.63, 3.8) is 0 Å². The zero-order chi connectivity index (χ0) is 21.8. The Morgan fingerprint density at radius 2 is 1.12 bits per heavy atom. The summed E-state index contributed by atoms with van der Waals surface area (Å²) in [5, 5.41) is 3.26. The van der Waals surface area contributed by atoms with Gasteiger partial charge in [0.05, 0.1) is 27.9 Å². The first kappa shape index (κ1) is 18.0. The molecule has 4 nitrogen and oxygen atoms in total. The summed E-state index contributed by atoms with van der Waals surface area (Å²) in [5.74, 6) is 0.649. The van der Waals surface area contributed by atoms with Crippen LogP contribution in [0.3, 0.4) is 0 Å². The van der Waals surface area contributed by atoms with Gasteiger partial charge in [-0.2, -0.15) is 0 Å².